The minimum absolute atomic E-state index is 0.00461. The van der Waals surface area contributed by atoms with Crippen LogP contribution in [0.2, 0.25) is 0 Å². The standard InChI is InChI=1S/C15H13NO5S/c1-11-2-4-13(5-3-11)22(19,20)16-14(18)10-21-15(16)8-6-12(17)7-9-15/h2-9H,10H2,1H3. The first kappa shape index (κ1) is 14.7. The van der Waals surface area contributed by atoms with Gasteiger partial charge in [0.05, 0.1) is 4.90 Å². The number of sulfonamides is 1. The van der Waals surface area contributed by atoms with Crippen LogP contribution in [0.4, 0.5) is 0 Å². The van der Waals surface area contributed by atoms with E-state index in [1.54, 1.807) is 12.1 Å². The molecule has 1 amide bonds. The average Bonchev–Trinajstić information content (AvgIpc) is 2.80. The number of hydrogen-bond donors (Lipinski definition) is 0. The zero-order valence-electron chi connectivity index (χ0n) is 11.7. The zero-order valence-corrected chi connectivity index (χ0v) is 12.5. The van der Waals surface area contributed by atoms with Gasteiger partial charge in [0.15, 0.2) is 11.5 Å². The van der Waals surface area contributed by atoms with Gasteiger partial charge in [-0.1, -0.05) is 17.7 Å². The highest BCUT2D eigenvalue weighted by atomic mass is 32.2. The number of rotatable bonds is 2. The van der Waals surface area contributed by atoms with Crippen molar-refractivity contribution in [2.45, 2.75) is 17.5 Å². The van der Waals surface area contributed by atoms with Crippen LogP contribution in [0.1, 0.15) is 5.56 Å². The maximum absolute atomic E-state index is 12.8. The number of carbonyl (C=O) groups excluding carboxylic acids is 2. The smallest absolute Gasteiger partial charge is 0.269 e. The number of nitrogens with zero attached hydrogens (tertiary/aromatic N) is 1. The summed E-state index contributed by atoms with van der Waals surface area (Å²) in [5.41, 5.74) is -0.657. The summed E-state index contributed by atoms with van der Waals surface area (Å²) in [6.45, 7) is 1.47. The molecule has 3 rings (SSSR count). The van der Waals surface area contributed by atoms with Crippen molar-refractivity contribution < 1.29 is 22.7 Å². The number of aryl methyl sites for hydroxylation is 1. The van der Waals surface area contributed by atoms with Gasteiger partial charge in [-0.15, -0.1) is 0 Å². The molecule has 0 N–H and O–H groups in total. The molecule has 2 aliphatic rings. The minimum atomic E-state index is -4.09. The van der Waals surface area contributed by atoms with Crippen molar-refractivity contribution in [2.75, 3.05) is 6.61 Å². The molecular formula is C15H13NO5S. The van der Waals surface area contributed by atoms with Crippen LogP contribution < -0.4 is 0 Å². The van der Waals surface area contributed by atoms with E-state index in [-0.39, 0.29) is 17.3 Å². The number of carbonyl (C=O) groups is 2. The van der Waals surface area contributed by atoms with Crippen LogP contribution in [0, 0.1) is 6.92 Å². The van der Waals surface area contributed by atoms with Gasteiger partial charge in [0.2, 0.25) is 0 Å². The Kier molecular flexibility index (Phi) is 3.26. The zero-order chi connectivity index (χ0) is 16.0. The summed E-state index contributed by atoms with van der Waals surface area (Å²) < 4.78 is 31.6. The summed E-state index contributed by atoms with van der Waals surface area (Å²) in [5.74, 6) is -0.967. The number of amides is 1. The summed E-state index contributed by atoms with van der Waals surface area (Å²) in [4.78, 5) is 23.3. The molecule has 1 aromatic rings. The maximum atomic E-state index is 12.8. The molecule has 1 aliphatic carbocycles. The first-order valence-electron chi connectivity index (χ1n) is 6.56. The van der Waals surface area contributed by atoms with Crippen LogP contribution in [0.5, 0.6) is 0 Å². The normalized spacial score (nSPS) is 20.1. The van der Waals surface area contributed by atoms with Crippen molar-refractivity contribution in [3.05, 3.63) is 54.1 Å². The molecule has 22 heavy (non-hydrogen) atoms. The SMILES string of the molecule is Cc1ccc(S(=O)(=O)N2C(=O)COC23C=CC(=O)C=C3)cc1. The molecule has 1 heterocycles. The second-order valence-corrected chi connectivity index (χ2v) is 6.87. The van der Waals surface area contributed by atoms with E-state index in [1.807, 2.05) is 6.92 Å². The lowest BCUT2D eigenvalue weighted by Gasteiger charge is -2.31. The molecule has 1 fully saturated rings. The van der Waals surface area contributed by atoms with Crippen LogP contribution in [-0.4, -0.2) is 36.7 Å². The minimum Gasteiger partial charge on any atom is -0.337 e. The lowest BCUT2D eigenvalue weighted by atomic mass is 10.1. The van der Waals surface area contributed by atoms with Crippen LogP contribution in [0.3, 0.4) is 0 Å². The van der Waals surface area contributed by atoms with Gasteiger partial charge >= 0.3 is 0 Å². The Labute approximate surface area is 127 Å². The van der Waals surface area contributed by atoms with Gasteiger partial charge in [-0.3, -0.25) is 9.59 Å². The molecule has 0 radical (unpaired) electrons. The number of ketones is 1. The van der Waals surface area contributed by atoms with Crippen molar-refractivity contribution >= 4 is 21.7 Å². The van der Waals surface area contributed by atoms with Crippen molar-refractivity contribution in [3.8, 4) is 0 Å². The third-order valence-electron chi connectivity index (χ3n) is 3.50. The van der Waals surface area contributed by atoms with Crippen molar-refractivity contribution in [1.82, 2.24) is 4.31 Å². The van der Waals surface area contributed by atoms with Gasteiger partial charge in [-0.2, -0.15) is 4.31 Å². The maximum Gasteiger partial charge on any atom is 0.269 e. The third kappa shape index (κ3) is 2.18. The highest BCUT2D eigenvalue weighted by Gasteiger charge is 2.51. The fraction of sp³-hybridized carbons (Fsp3) is 0.200. The van der Waals surface area contributed by atoms with E-state index in [0.29, 0.717) is 4.31 Å². The Morgan fingerprint density at radius 3 is 2.27 bits per heavy atom. The average molecular weight is 319 g/mol. The third-order valence-corrected chi connectivity index (χ3v) is 5.34. The fourth-order valence-electron chi connectivity index (χ4n) is 2.37. The summed E-state index contributed by atoms with van der Waals surface area (Å²) in [7, 11) is -4.09. The Hall–Kier alpha value is -2.25. The molecule has 0 bridgehead atoms. The Bertz CT molecular complexity index is 789. The molecule has 7 heteroatoms. The van der Waals surface area contributed by atoms with Gasteiger partial charge < -0.3 is 4.74 Å². The molecule has 1 aromatic carbocycles. The van der Waals surface area contributed by atoms with E-state index >= 15 is 0 Å². The van der Waals surface area contributed by atoms with Gasteiger partial charge in [0, 0.05) is 0 Å². The summed E-state index contributed by atoms with van der Waals surface area (Å²) in [5, 5.41) is 0. The van der Waals surface area contributed by atoms with E-state index in [0.717, 1.165) is 5.56 Å². The first-order chi connectivity index (χ1) is 10.3. The van der Waals surface area contributed by atoms with Crippen LogP contribution in [0.25, 0.3) is 0 Å². The van der Waals surface area contributed by atoms with Crippen LogP contribution >= 0.6 is 0 Å². The van der Waals surface area contributed by atoms with E-state index in [9.17, 15) is 18.0 Å². The predicted molar refractivity (Wildman–Crippen MR) is 77.2 cm³/mol. The quantitative estimate of drug-likeness (QED) is 0.810. The Morgan fingerprint density at radius 1 is 1.09 bits per heavy atom. The van der Waals surface area contributed by atoms with Gasteiger partial charge in [-0.25, -0.2) is 8.42 Å². The van der Waals surface area contributed by atoms with E-state index in [4.69, 9.17) is 4.74 Å². The molecule has 114 valence electrons. The van der Waals surface area contributed by atoms with Gasteiger partial charge in [0.25, 0.3) is 15.9 Å². The van der Waals surface area contributed by atoms with Crippen LogP contribution in [0.15, 0.2) is 53.5 Å². The summed E-state index contributed by atoms with van der Waals surface area (Å²) >= 11 is 0. The lowest BCUT2D eigenvalue weighted by molar-refractivity contribution is -0.124. The highest BCUT2D eigenvalue weighted by molar-refractivity contribution is 7.89. The molecular weight excluding hydrogens is 306 g/mol. The van der Waals surface area contributed by atoms with E-state index < -0.39 is 21.7 Å². The number of benzene rings is 1. The summed E-state index contributed by atoms with van der Waals surface area (Å²) in [6.07, 6.45) is 4.95. The second kappa shape index (κ2) is 4.89. The van der Waals surface area contributed by atoms with E-state index in [1.165, 1.54) is 36.4 Å². The van der Waals surface area contributed by atoms with Crippen LogP contribution in [-0.2, 0) is 24.3 Å². The number of ether oxygens (including phenoxy) is 1. The van der Waals surface area contributed by atoms with Crippen molar-refractivity contribution in [1.29, 1.82) is 0 Å². The molecule has 0 atom stereocenters. The molecule has 6 nitrogen and oxygen atoms in total. The highest BCUT2D eigenvalue weighted by Crippen LogP contribution is 2.35. The van der Waals surface area contributed by atoms with Gasteiger partial charge in [0.1, 0.15) is 6.61 Å². The molecule has 0 unspecified atom stereocenters. The molecule has 1 aliphatic heterocycles. The van der Waals surface area contributed by atoms with Crippen molar-refractivity contribution in [3.63, 3.8) is 0 Å². The Morgan fingerprint density at radius 2 is 1.68 bits per heavy atom. The molecule has 1 saturated heterocycles. The number of allylic oxidation sites excluding steroid dienone is 2. The second-order valence-electron chi connectivity index (χ2n) is 5.09. The molecule has 0 saturated carbocycles. The molecule has 1 spiro atoms. The number of hydrogen-bond acceptors (Lipinski definition) is 5. The van der Waals surface area contributed by atoms with Crippen molar-refractivity contribution in [2.24, 2.45) is 0 Å². The fourth-order valence-corrected chi connectivity index (χ4v) is 3.93. The topological polar surface area (TPSA) is 80.8 Å². The monoisotopic (exact) mass is 319 g/mol. The Balaban J connectivity index is 2.10. The van der Waals surface area contributed by atoms with E-state index in [2.05, 4.69) is 0 Å². The predicted octanol–water partition coefficient (Wildman–Crippen LogP) is 0.934. The lowest BCUT2D eigenvalue weighted by Crippen LogP contribution is -2.48. The van der Waals surface area contributed by atoms with Gasteiger partial charge in [-0.05, 0) is 43.4 Å². The first-order valence-corrected chi connectivity index (χ1v) is 8.00. The summed E-state index contributed by atoms with van der Waals surface area (Å²) in [6, 6.07) is 6.17. The largest absolute Gasteiger partial charge is 0.337 e. The molecule has 0 aromatic heterocycles.